The molecule has 1 heterocycles. The molecule has 16 heavy (non-hydrogen) atoms. The van der Waals surface area contributed by atoms with Gasteiger partial charge in [-0.15, -0.1) is 0 Å². The number of pyridine rings is 1. The summed E-state index contributed by atoms with van der Waals surface area (Å²) in [5.41, 5.74) is 1.15. The lowest BCUT2D eigenvalue weighted by molar-refractivity contribution is 0.0827. The Hall–Kier alpha value is -2.10. The average molecular weight is 216 g/mol. The molecule has 1 N–H and O–H groups in total. The molecule has 82 valence electrons. The zero-order valence-electron chi connectivity index (χ0n) is 9.14. The number of aromatic hydroxyl groups is 1. The molecule has 2 aromatic rings. The molecule has 1 aromatic heterocycles. The minimum absolute atomic E-state index is 0.127. The fraction of sp³-hybridized carbons (Fsp3) is 0.167. The van der Waals surface area contributed by atoms with E-state index in [1.807, 2.05) is 0 Å². The summed E-state index contributed by atoms with van der Waals surface area (Å²) in [5, 5.41) is 10.2. The zero-order valence-corrected chi connectivity index (χ0v) is 9.14. The maximum atomic E-state index is 11.7. The number of carbonyl (C=O) groups excluding carboxylic acids is 1. The lowest BCUT2D eigenvalue weighted by atomic mass is 10.1. The molecule has 4 nitrogen and oxygen atoms in total. The molecular formula is C12H12N2O2. The summed E-state index contributed by atoms with van der Waals surface area (Å²) in [4.78, 5) is 17.3. The zero-order chi connectivity index (χ0) is 11.7. The van der Waals surface area contributed by atoms with Crippen LogP contribution in [0.3, 0.4) is 0 Å². The Kier molecular flexibility index (Phi) is 2.48. The van der Waals surface area contributed by atoms with Crippen LogP contribution < -0.4 is 0 Å². The molecule has 0 radical (unpaired) electrons. The number of aromatic nitrogens is 1. The van der Waals surface area contributed by atoms with E-state index in [9.17, 15) is 9.90 Å². The van der Waals surface area contributed by atoms with Crippen molar-refractivity contribution >= 4 is 16.8 Å². The van der Waals surface area contributed by atoms with E-state index in [0.29, 0.717) is 16.5 Å². The van der Waals surface area contributed by atoms with Crippen molar-refractivity contribution in [3.05, 3.63) is 36.0 Å². The summed E-state index contributed by atoms with van der Waals surface area (Å²) >= 11 is 0. The Morgan fingerprint density at radius 2 is 2.12 bits per heavy atom. The van der Waals surface area contributed by atoms with Crippen molar-refractivity contribution in [2.45, 2.75) is 0 Å². The first kappa shape index (κ1) is 10.4. The Balaban J connectivity index is 2.59. The minimum Gasteiger partial charge on any atom is -0.507 e. The molecule has 0 aliphatic heterocycles. The number of benzene rings is 1. The molecule has 0 spiro atoms. The molecule has 0 aliphatic rings. The Morgan fingerprint density at radius 1 is 1.38 bits per heavy atom. The van der Waals surface area contributed by atoms with Gasteiger partial charge in [0.05, 0.1) is 11.1 Å². The predicted molar refractivity (Wildman–Crippen MR) is 61.4 cm³/mol. The van der Waals surface area contributed by atoms with E-state index in [1.54, 1.807) is 38.4 Å². The highest BCUT2D eigenvalue weighted by Crippen LogP contribution is 2.23. The standard InChI is InChI=1S/C12H12N2O2/c1-14(2)12(16)8-6-9-10(13-7-8)4-3-5-11(9)15/h3-7,15H,1-2H3. The molecule has 0 bridgehead atoms. The van der Waals surface area contributed by atoms with E-state index in [4.69, 9.17) is 0 Å². The topological polar surface area (TPSA) is 53.4 Å². The highest BCUT2D eigenvalue weighted by Gasteiger charge is 2.10. The number of fused-ring (bicyclic) bond motifs is 1. The van der Waals surface area contributed by atoms with Gasteiger partial charge in [0.15, 0.2) is 0 Å². The van der Waals surface area contributed by atoms with Gasteiger partial charge in [-0.05, 0) is 18.2 Å². The van der Waals surface area contributed by atoms with Gasteiger partial charge in [-0.2, -0.15) is 0 Å². The highest BCUT2D eigenvalue weighted by molar-refractivity contribution is 5.98. The number of rotatable bonds is 1. The van der Waals surface area contributed by atoms with Crippen LogP contribution in [-0.2, 0) is 0 Å². The van der Waals surface area contributed by atoms with Crippen molar-refractivity contribution in [1.82, 2.24) is 9.88 Å². The van der Waals surface area contributed by atoms with Crippen molar-refractivity contribution in [2.24, 2.45) is 0 Å². The Morgan fingerprint density at radius 3 is 2.81 bits per heavy atom. The molecule has 0 saturated heterocycles. The van der Waals surface area contributed by atoms with Crippen LogP contribution in [0.4, 0.5) is 0 Å². The first-order chi connectivity index (χ1) is 7.59. The summed E-state index contributed by atoms with van der Waals surface area (Å²) in [5.74, 6) is 0.0102. The number of nitrogens with zero attached hydrogens (tertiary/aromatic N) is 2. The van der Waals surface area contributed by atoms with Gasteiger partial charge in [-0.25, -0.2) is 0 Å². The summed E-state index contributed by atoms with van der Waals surface area (Å²) in [6.45, 7) is 0. The van der Waals surface area contributed by atoms with Gasteiger partial charge in [0, 0.05) is 25.7 Å². The molecule has 0 fully saturated rings. The van der Waals surface area contributed by atoms with Crippen LogP contribution >= 0.6 is 0 Å². The molecule has 2 rings (SSSR count). The third kappa shape index (κ3) is 1.69. The first-order valence-electron chi connectivity index (χ1n) is 4.89. The number of carbonyl (C=O) groups is 1. The van der Waals surface area contributed by atoms with Gasteiger partial charge in [-0.1, -0.05) is 6.07 Å². The molecular weight excluding hydrogens is 204 g/mol. The third-order valence-electron chi connectivity index (χ3n) is 2.36. The summed E-state index contributed by atoms with van der Waals surface area (Å²) in [7, 11) is 3.36. The van der Waals surface area contributed by atoms with Gasteiger partial charge in [0.1, 0.15) is 5.75 Å². The molecule has 0 unspecified atom stereocenters. The smallest absolute Gasteiger partial charge is 0.254 e. The van der Waals surface area contributed by atoms with Crippen molar-refractivity contribution in [1.29, 1.82) is 0 Å². The summed E-state index contributed by atoms with van der Waals surface area (Å²) in [6.07, 6.45) is 1.52. The van der Waals surface area contributed by atoms with Crippen molar-refractivity contribution < 1.29 is 9.90 Å². The van der Waals surface area contributed by atoms with Gasteiger partial charge < -0.3 is 10.0 Å². The normalized spacial score (nSPS) is 10.4. The van der Waals surface area contributed by atoms with Crippen LogP contribution in [0.5, 0.6) is 5.75 Å². The number of hydrogen-bond donors (Lipinski definition) is 1. The summed E-state index contributed by atoms with van der Waals surface area (Å²) in [6, 6.07) is 6.74. The van der Waals surface area contributed by atoms with Crippen LogP contribution in [0.2, 0.25) is 0 Å². The average Bonchev–Trinajstić information content (AvgIpc) is 2.28. The van der Waals surface area contributed by atoms with Crippen LogP contribution in [0.15, 0.2) is 30.5 Å². The lowest BCUT2D eigenvalue weighted by Crippen LogP contribution is -2.21. The lowest BCUT2D eigenvalue weighted by Gasteiger charge is -2.10. The van der Waals surface area contributed by atoms with Crippen LogP contribution in [0.1, 0.15) is 10.4 Å². The van der Waals surface area contributed by atoms with Gasteiger partial charge in [-0.3, -0.25) is 9.78 Å². The second kappa shape index (κ2) is 3.81. The highest BCUT2D eigenvalue weighted by atomic mass is 16.3. The molecule has 1 aromatic carbocycles. The van der Waals surface area contributed by atoms with E-state index >= 15 is 0 Å². The van der Waals surface area contributed by atoms with E-state index in [2.05, 4.69) is 4.98 Å². The van der Waals surface area contributed by atoms with Crippen molar-refractivity contribution in [3.63, 3.8) is 0 Å². The second-order valence-electron chi connectivity index (χ2n) is 3.77. The largest absolute Gasteiger partial charge is 0.507 e. The van der Waals surface area contributed by atoms with E-state index in [-0.39, 0.29) is 11.7 Å². The van der Waals surface area contributed by atoms with Crippen molar-refractivity contribution in [3.8, 4) is 5.75 Å². The van der Waals surface area contributed by atoms with Crippen molar-refractivity contribution in [2.75, 3.05) is 14.1 Å². The molecule has 4 heteroatoms. The van der Waals surface area contributed by atoms with Crippen LogP contribution in [-0.4, -0.2) is 35.0 Å². The number of phenolic OH excluding ortho intramolecular Hbond substituents is 1. The first-order valence-corrected chi connectivity index (χ1v) is 4.89. The van der Waals surface area contributed by atoms with Gasteiger partial charge in [0.25, 0.3) is 5.91 Å². The van der Waals surface area contributed by atoms with E-state index in [0.717, 1.165) is 0 Å². The molecule has 0 saturated carbocycles. The second-order valence-corrected chi connectivity index (χ2v) is 3.77. The fourth-order valence-corrected chi connectivity index (χ4v) is 1.51. The number of amides is 1. The maximum absolute atomic E-state index is 11.7. The van der Waals surface area contributed by atoms with Gasteiger partial charge in [0.2, 0.25) is 0 Å². The number of hydrogen-bond acceptors (Lipinski definition) is 3. The van der Waals surface area contributed by atoms with E-state index in [1.165, 1.54) is 11.1 Å². The molecule has 0 aliphatic carbocycles. The monoisotopic (exact) mass is 216 g/mol. The molecule has 0 atom stereocenters. The van der Waals surface area contributed by atoms with Gasteiger partial charge >= 0.3 is 0 Å². The predicted octanol–water partition coefficient (Wildman–Crippen LogP) is 1.64. The van der Waals surface area contributed by atoms with Crippen LogP contribution in [0.25, 0.3) is 10.9 Å². The third-order valence-corrected chi connectivity index (χ3v) is 2.36. The SMILES string of the molecule is CN(C)C(=O)c1cnc2cccc(O)c2c1. The number of phenols is 1. The maximum Gasteiger partial charge on any atom is 0.254 e. The minimum atomic E-state index is -0.127. The Labute approximate surface area is 93.1 Å². The van der Waals surface area contributed by atoms with Crippen LogP contribution in [0, 0.1) is 0 Å². The fourth-order valence-electron chi connectivity index (χ4n) is 1.51. The Bertz CT molecular complexity index is 550. The van der Waals surface area contributed by atoms with E-state index < -0.39 is 0 Å². The molecule has 1 amide bonds. The quantitative estimate of drug-likeness (QED) is 0.788. The summed E-state index contributed by atoms with van der Waals surface area (Å²) < 4.78 is 0.